The van der Waals surface area contributed by atoms with Gasteiger partial charge in [-0.05, 0) is 12.1 Å². The minimum atomic E-state index is -3.42. The molecule has 4 nitrogen and oxygen atoms in total. The Balaban J connectivity index is 3.47. The third-order valence-corrected chi connectivity index (χ3v) is 4.16. The van der Waals surface area contributed by atoms with Crippen LogP contribution < -0.4 is 0 Å². The first-order valence-corrected chi connectivity index (χ1v) is 6.80. The van der Waals surface area contributed by atoms with Crippen molar-refractivity contribution < 1.29 is 17.9 Å². The summed E-state index contributed by atoms with van der Waals surface area (Å²) in [4.78, 5) is 11.3. The average Bonchev–Trinajstić information content (AvgIpc) is 2.19. The van der Waals surface area contributed by atoms with E-state index < -0.39 is 15.8 Å². The van der Waals surface area contributed by atoms with E-state index in [0.717, 1.165) is 6.26 Å². The van der Waals surface area contributed by atoms with Crippen molar-refractivity contribution in [1.82, 2.24) is 0 Å². The van der Waals surface area contributed by atoms with E-state index >= 15 is 0 Å². The number of thiol groups is 1. The number of ether oxygens (including phenoxy) is 1. The smallest absolute Gasteiger partial charge is 0.339 e. The lowest BCUT2D eigenvalue weighted by molar-refractivity contribution is 0.0600. The van der Waals surface area contributed by atoms with Crippen molar-refractivity contribution in [1.29, 1.82) is 0 Å². The van der Waals surface area contributed by atoms with Gasteiger partial charge in [-0.1, -0.05) is 11.6 Å². The Bertz CT molecular complexity index is 537. The molecule has 0 atom stereocenters. The van der Waals surface area contributed by atoms with Crippen molar-refractivity contribution in [3.63, 3.8) is 0 Å². The molecule has 0 aliphatic rings. The molecule has 1 rings (SSSR count). The van der Waals surface area contributed by atoms with Crippen LogP contribution in [0.2, 0.25) is 5.02 Å². The van der Waals surface area contributed by atoms with E-state index in [4.69, 9.17) is 11.6 Å². The summed E-state index contributed by atoms with van der Waals surface area (Å²) >= 11 is 9.83. The highest BCUT2D eigenvalue weighted by atomic mass is 35.5. The molecule has 0 radical (unpaired) electrons. The lowest BCUT2D eigenvalue weighted by Crippen LogP contribution is -2.05. The van der Waals surface area contributed by atoms with Gasteiger partial charge < -0.3 is 4.74 Å². The first-order chi connectivity index (χ1) is 7.29. The van der Waals surface area contributed by atoms with Gasteiger partial charge in [0.15, 0.2) is 9.84 Å². The average molecular weight is 281 g/mol. The van der Waals surface area contributed by atoms with E-state index in [1.807, 2.05) is 0 Å². The van der Waals surface area contributed by atoms with Gasteiger partial charge >= 0.3 is 5.97 Å². The monoisotopic (exact) mass is 280 g/mol. The molecule has 0 amide bonds. The summed E-state index contributed by atoms with van der Waals surface area (Å²) in [6.45, 7) is 0. The molecule has 1 aromatic rings. The fourth-order valence-electron chi connectivity index (χ4n) is 1.11. The molecule has 1 aromatic carbocycles. The second-order valence-electron chi connectivity index (χ2n) is 3.04. The maximum Gasteiger partial charge on any atom is 0.339 e. The van der Waals surface area contributed by atoms with Crippen LogP contribution in [0.15, 0.2) is 21.9 Å². The molecule has 0 heterocycles. The summed E-state index contributed by atoms with van der Waals surface area (Å²) in [6, 6.07) is 2.57. The van der Waals surface area contributed by atoms with Crippen LogP contribution in [-0.2, 0) is 14.6 Å². The van der Waals surface area contributed by atoms with E-state index in [-0.39, 0.29) is 20.4 Å². The number of esters is 1. The van der Waals surface area contributed by atoms with Crippen LogP contribution in [0.5, 0.6) is 0 Å². The van der Waals surface area contributed by atoms with Gasteiger partial charge in [0.1, 0.15) is 0 Å². The van der Waals surface area contributed by atoms with Crippen LogP contribution >= 0.6 is 24.2 Å². The molecule has 7 heteroatoms. The van der Waals surface area contributed by atoms with Crippen LogP contribution in [0.1, 0.15) is 10.4 Å². The zero-order chi connectivity index (χ0) is 12.5. The van der Waals surface area contributed by atoms with Gasteiger partial charge in [-0.15, -0.1) is 12.6 Å². The summed E-state index contributed by atoms with van der Waals surface area (Å²) in [7, 11) is -2.21. The summed E-state index contributed by atoms with van der Waals surface area (Å²) in [5, 5.41) is -0.0295. The molecule has 0 saturated carbocycles. The molecule has 0 unspecified atom stereocenters. The second-order valence-corrected chi connectivity index (χ2v) is 5.85. The molecular formula is C9H9ClO4S2. The highest BCUT2D eigenvalue weighted by Gasteiger charge is 2.19. The normalized spacial score (nSPS) is 11.2. The molecule has 0 spiro atoms. The topological polar surface area (TPSA) is 60.4 Å². The zero-order valence-electron chi connectivity index (χ0n) is 8.52. The Morgan fingerprint density at radius 1 is 1.44 bits per heavy atom. The van der Waals surface area contributed by atoms with Crippen molar-refractivity contribution >= 4 is 40.0 Å². The number of halogens is 1. The molecule has 0 N–H and O–H groups in total. The van der Waals surface area contributed by atoms with Crippen molar-refractivity contribution in [3.8, 4) is 0 Å². The van der Waals surface area contributed by atoms with Crippen molar-refractivity contribution in [2.24, 2.45) is 0 Å². The Morgan fingerprint density at radius 2 is 2.00 bits per heavy atom. The quantitative estimate of drug-likeness (QED) is 0.663. The number of sulfone groups is 1. The van der Waals surface area contributed by atoms with E-state index in [1.165, 1.54) is 19.2 Å². The minimum absolute atomic E-state index is 0.0199. The first-order valence-electron chi connectivity index (χ1n) is 4.09. The summed E-state index contributed by atoms with van der Waals surface area (Å²) in [6.07, 6.45) is 1.04. The number of benzene rings is 1. The van der Waals surface area contributed by atoms with Gasteiger partial charge in [0.05, 0.1) is 22.6 Å². The van der Waals surface area contributed by atoms with Crippen LogP contribution in [0.4, 0.5) is 0 Å². The van der Waals surface area contributed by atoms with Gasteiger partial charge in [-0.2, -0.15) is 0 Å². The first kappa shape index (κ1) is 13.3. The van der Waals surface area contributed by atoms with Crippen LogP contribution in [-0.4, -0.2) is 27.8 Å². The number of carbonyl (C=O) groups is 1. The van der Waals surface area contributed by atoms with Crippen LogP contribution in [0.3, 0.4) is 0 Å². The van der Waals surface area contributed by atoms with E-state index in [2.05, 4.69) is 17.4 Å². The van der Waals surface area contributed by atoms with Crippen LogP contribution in [0.25, 0.3) is 0 Å². The minimum Gasteiger partial charge on any atom is -0.465 e. The summed E-state index contributed by atoms with van der Waals surface area (Å²) in [5.74, 6) is -0.639. The maximum atomic E-state index is 11.3. The van der Waals surface area contributed by atoms with Crippen molar-refractivity contribution in [2.75, 3.05) is 13.4 Å². The standard InChI is InChI=1S/C9H9ClO4S2/c1-14-9(11)5-3-4-6(16(2,12)13)8(15)7(5)10/h3-4,15H,1-2H3. The molecule has 0 aliphatic carbocycles. The number of carbonyl (C=O) groups excluding carboxylic acids is 1. The van der Waals surface area contributed by atoms with Gasteiger partial charge in [-0.3, -0.25) is 0 Å². The van der Waals surface area contributed by atoms with E-state index in [9.17, 15) is 13.2 Å². The third-order valence-electron chi connectivity index (χ3n) is 1.88. The lowest BCUT2D eigenvalue weighted by atomic mass is 10.2. The molecule has 88 valence electrons. The molecule has 0 fully saturated rings. The molecule has 0 aliphatic heterocycles. The third kappa shape index (κ3) is 2.50. The highest BCUT2D eigenvalue weighted by molar-refractivity contribution is 7.91. The molecule has 0 aromatic heterocycles. The number of methoxy groups -OCH3 is 1. The van der Waals surface area contributed by atoms with Gasteiger partial charge in [0.25, 0.3) is 0 Å². The Morgan fingerprint density at radius 3 is 2.44 bits per heavy atom. The Hall–Kier alpha value is -0.720. The predicted molar refractivity (Wildman–Crippen MR) is 63.2 cm³/mol. The Kier molecular flexibility index (Phi) is 3.88. The molecular weight excluding hydrogens is 272 g/mol. The highest BCUT2D eigenvalue weighted by Crippen LogP contribution is 2.31. The number of hydrogen-bond acceptors (Lipinski definition) is 5. The fraction of sp³-hybridized carbons (Fsp3) is 0.222. The van der Waals surface area contributed by atoms with Gasteiger partial charge in [0, 0.05) is 11.2 Å². The molecule has 16 heavy (non-hydrogen) atoms. The van der Waals surface area contributed by atoms with Gasteiger partial charge in [-0.25, -0.2) is 13.2 Å². The zero-order valence-corrected chi connectivity index (χ0v) is 11.0. The summed E-state index contributed by atoms with van der Waals surface area (Å²) < 4.78 is 27.2. The molecule has 0 bridgehead atoms. The van der Waals surface area contributed by atoms with E-state index in [0.29, 0.717) is 0 Å². The van der Waals surface area contributed by atoms with Crippen molar-refractivity contribution in [3.05, 3.63) is 22.7 Å². The second kappa shape index (κ2) is 4.65. The van der Waals surface area contributed by atoms with Crippen molar-refractivity contribution in [2.45, 2.75) is 9.79 Å². The predicted octanol–water partition coefficient (Wildman–Crippen LogP) is 1.82. The largest absolute Gasteiger partial charge is 0.465 e. The van der Waals surface area contributed by atoms with Gasteiger partial charge in [0.2, 0.25) is 0 Å². The maximum absolute atomic E-state index is 11.3. The van der Waals surface area contributed by atoms with E-state index in [1.54, 1.807) is 0 Å². The fourth-order valence-corrected chi connectivity index (χ4v) is 2.87. The van der Waals surface area contributed by atoms with Crippen LogP contribution in [0, 0.1) is 0 Å². The number of rotatable bonds is 2. The lowest BCUT2D eigenvalue weighted by Gasteiger charge is -2.08. The SMILES string of the molecule is COC(=O)c1ccc(S(C)(=O)=O)c(S)c1Cl. The molecule has 0 saturated heterocycles. The number of hydrogen-bond donors (Lipinski definition) is 1. The summed E-state index contributed by atoms with van der Waals surface area (Å²) in [5.41, 5.74) is 0.0848. The Labute approximate surface area is 104 Å².